The molecule has 0 aromatic heterocycles. The van der Waals surface area contributed by atoms with E-state index >= 15 is 0 Å². The standard InChI is InChI=1S/C13H17Cl2N/c1-13(5-4-11(16)8-13)7-9-2-3-10(14)6-12(9)15/h2-3,6,11H,4-5,7-8,16H2,1H3. The van der Waals surface area contributed by atoms with E-state index in [9.17, 15) is 0 Å². The van der Waals surface area contributed by atoms with E-state index in [0.29, 0.717) is 16.5 Å². The van der Waals surface area contributed by atoms with Gasteiger partial charge >= 0.3 is 0 Å². The molecule has 3 heteroatoms. The Morgan fingerprint density at radius 2 is 2.19 bits per heavy atom. The van der Waals surface area contributed by atoms with E-state index < -0.39 is 0 Å². The van der Waals surface area contributed by atoms with E-state index in [2.05, 4.69) is 6.92 Å². The lowest BCUT2D eigenvalue weighted by Crippen LogP contribution is -2.21. The molecule has 1 saturated carbocycles. The zero-order chi connectivity index (χ0) is 11.8. The number of hydrogen-bond acceptors (Lipinski definition) is 1. The van der Waals surface area contributed by atoms with Crippen LogP contribution in [0.1, 0.15) is 31.7 Å². The molecule has 0 heterocycles. The number of halogens is 2. The van der Waals surface area contributed by atoms with Crippen LogP contribution in [0.25, 0.3) is 0 Å². The van der Waals surface area contributed by atoms with Gasteiger partial charge in [0.1, 0.15) is 0 Å². The molecular formula is C13H17Cl2N. The maximum Gasteiger partial charge on any atom is 0.0453 e. The molecule has 2 unspecified atom stereocenters. The van der Waals surface area contributed by atoms with Gasteiger partial charge in [-0.2, -0.15) is 0 Å². The van der Waals surface area contributed by atoms with E-state index in [4.69, 9.17) is 28.9 Å². The third-order valence-corrected chi connectivity index (χ3v) is 4.09. The Bertz CT molecular complexity index is 392. The van der Waals surface area contributed by atoms with Crippen molar-refractivity contribution in [3.8, 4) is 0 Å². The number of hydrogen-bond donors (Lipinski definition) is 1. The van der Waals surface area contributed by atoms with Crippen molar-refractivity contribution in [2.75, 3.05) is 0 Å². The van der Waals surface area contributed by atoms with Crippen molar-refractivity contribution in [1.82, 2.24) is 0 Å². The van der Waals surface area contributed by atoms with Crippen LogP contribution in [-0.2, 0) is 6.42 Å². The van der Waals surface area contributed by atoms with Gasteiger partial charge < -0.3 is 5.73 Å². The number of rotatable bonds is 2. The summed E-state index contributed by atoms with van der Waals surface area (Å²) in [5.74, 6) is 0. The van der Waals surface area contributed by atoms with Crippen LogP contribution in [0.3, 0.4) is 0 Å². The average Bonchev–Trinajstić information content (AvgIpc) is 2.52. The van der Waals surface area contributed by atoms with E-state index in [1.165, 1.54) is 12.0 Å². The van der Waals surface area contributed by atoms with Crippen LogP contribution in [0.5, 0.6) is 0 Å². The molecule has 2 rings (SSSR count). The average molecular weight is 258 g/mol. The van der Waals surface area contributed by atoms with Crippen LogP contribution in [0, 0.1) is 5.41 Å². The van der Waals surface area contributed by atoms with Crippen molar-refractivity contribution >= 4 is 23.2 Å². The van der Waals surface area contributed by atoms with Crippen molar-refractivity contribution < 1.29 is 0 Å². The highest BCUT2D eigenvalue weighted by molar-refractivity contribution is 6.35. The Morgan fingerprint density at radius 1 is 1.44 bits per heavy atom. The lowest BCUT2D eigenvalue weighted by atomic mass is 9.82. The molecule has 88 valence electrons. The second-order valence-corrected chi connectivity index (χ2v) is 6.07. The Balaban J connectivity index is 2.14. The molecule has 0 spiro atoms. The minimum absolute atomic E-state index is 0.302. The summed E-state index contributed by atoms with van der Waals surface area (Å²) in [5.41, 5.74) is 7.46. The minimum atomic E-state index is 0.302. The summed E-state index contributed by atoms with van der Waals surface area (Å²) in [6.07, 6.45) is 4.40. The van der Waals surface area contributed by atoms with E-state index in [1.807, 2.05) is 18.2 Å². The van der Waals surface area contributed by atoms with Gasteiger partial charge in [0.25, 0.3) is 0 Å². The fourth-order valence-electron chi connectivity index (χ4n) is 2.66. The van der Waals surface area contributed by atoms with Crippen molar-refractivity contribution in [2.45, 2.75) is 38.6 Å². The van der Waals surface area contributed by atoms with Gasteiger partial charge in [-0.3, -0.25) is 0 Å². The highest BCUT2D eigenvalue weighted by Gasteiger charge is 2.33. The van der Waals surface area contributed by atoms with Gasteiger partial charge in [0.05, 0.1) is 0 Å². The summed E-state index contributed by atoms with van der Waals surface area (Å²) in [4.78, 5) is 0. The second-order valence-electron chi connectivity index (χ2n) is 5.23. The van der Waals surface area contributed by atoms with Gasteiger partial charge in [-0.25, -0.2) is 0 Å². The van der Waals surface area contributed by atoms with E-state index in [1.54, 1.807) is 0 Å². The van der Waals surface area contributed by atoms with Crippen LogP contribution >= 0.6 is 23.2 Å². The molecule has 0 aliphatic heterocycles. The SMILES string of the molecule is CC1(Cc2ccc(Cl)cc2Cl)CCC(N)C1. The third kappa shape index (κ3) is 2.71. The van der Waals surface area contributed by atoms with Gasteiger partial charge in [-0.05, 0) is 48.8 Å². The zero-order valence-corrected chi connectivity index (χ0v) is 11.0. The normalized spacial score (nSPS) is 29.6. The maximum atomic E-state index is 6.19. The zero-order valence-electron chi connectivity index (χ0n) is 9.47. The first kappa shape index (κ1) is 12.2. The molecule has 1 fully saturated rings. The van der Waals surface area contributed by atoms with Gasteiger partial charge in [0, 0.05) is 16.1 Å². The summed E-state index contributed by atoms with van der Waals surface area (Å²) in [7, 11) is 0. The van der Waals surface area contributed by atoms with E-state index in [0.717, 1.165) is 24.3 Å². The van der Waals surface area contributed by atoms with Crippen LogP contribution in [0.15, 0.2) is 18.2 Å². The molecule has 2 atom stereocenters. The second kappa shape index (κ2) is 4.56. The van der Waals surface area contributed by atoms with Gasteiger partial charge in [0.15, 0.2) is 0 Å². The summed E-state index contributed by atoms with van der Waals surface area (Å²) in [6.45, 7) is 2.30. The summed E-state index contributed by atoms with van der Waals surface area (Å²) in [5, 5.41) is 1.47. The van der Waals surface area contributed by atoms with Gasteiger partial charge in [-0.1, -0.05) is 36.2 Å². The predicted molar refractivity (Wildman–Crippen MR) is 70.1 cm³/mol. The van der Waals surface area contributed by atoms with Crippen LogP contribution in [0.2, 0.25) is 10.0 Å². The van der Waals surface area contributed by atoms with E-state index in [-0.39, 0.29) is 0 Å². The molecule has 16 heavy (non-hydrogen) atoms. The molecule has 1 aliphatic rings. The smallest absolute Gasteiger partial charge is 0.0453 e. The van der Waals surface area contributed by atoms with Crippen molar-refractivity contribution in [3.63, 3.8) is 0 Å². The predicted octanol–water partition coefficient (Wildman–Crippen LogP) is 4.05. The topological polar surface area (TPSA) is 26.0 Å². The molecule has 0 amide bonds. The highest BCUT2D eigenvalue weighted by atomic mass is 35.5. The van der Waals surface area contributed by atoms with Crippen LogP contribution in [-0.4, -0.2) is 6.04 Å². The van der Waals surface area contributed by atoms with Crippen molar-refractivity contribution in [3.05, 3.63) is 33.8 Å². The molecule has 1 aliphatic carbocycles. The highest BCUT2D eigenvalue weighted by Crippen LogP contribution is 2.41. The molecule has 1 aromatic carbocycles. The fraction of sp³-hybridized carbons (Fsp3) is 0.538. The van der Waals surface area contributed by atoms with Crippen molar-refractivity contribution in [1.29, 1.82) is 0 Å². The maximum absolute atomic E-state index is 6.19. The Morgan fingerprint density at radius 3 is 2.75 bits per heavy atom. The summed E-state index contributed by atoms with van der Waals surface area (Å²) < 4.78 is 0. The Labute approximate surface area is 107 Å². The largest absolute Gasteiger partial charge is 0.328 e. The monoisotopic (exact) mass is 257 g/mol. The first-order valence-electron chi connectivity index (χ1n) is 5.68. The number of nitrogens with two attached hydrogens (primary N) is 1. The Hall–Kier alpha value is -0.240. The summed E-state index contributed by atoms with van der Waals surface area (Å²) >= 11 is 12.1. The third-order valence-electron chi connectivity index (χ3n) is 3.51. The minimum Gasteiger partial charge on any atom is -0.328 e. The fourth-order valence-corrected chi connectivity index (χ4v) is 3.13. The first-order valence-corrected chi connectivity index (χ1v) is 6.44. The molecule has 2 N–H and O–H groups in total. The molecule has 0 saturated heterocycles. The molecule has 1 nitrogen and oxygen atoms in total. The molecule has 0 bridgehead atoms. The molecular weight excluding hydrogens is 241 g/mol. The first-order chi connectivity index (χ1) is 7.48. The molecule has 0 radical (unpaired) electrons. The lowest BCUT2D eigenvalue weighted by Gasteiger charge is -2.24. The lowest BCUT2D eigenvalue weighted by molar-refractivity contribution is 0.329. The van der Waals surface area contributed by atoms with Crippen molar-refractivity contribution in [2.24, 2.45) is 11.1 Å². The Kier molecular flexibility index (Phi) is 3.48. The van der Waals surface area contributed by atoms with Crippen LogP contribution < -0.4 is 5.73 Å². The molecule has 1 aromatic rings. The summed E-state index contributed by atoms with van der Waals surface area (Å²) in [6, 6.07) is 6.10. The number of benzene rings is 1. The van der Waals surface area contributed by atoms with Crippen LogP contribution in [0.4, 0.5) is 0 Å². The quantitative estimate of drug-likeness (QED) is 0.850. The van der Waals surface area contributed by atoms with Gasteiger partial charge in [-0.15, -0.1) is 0 Å². The van der Waals surface area contributed by atoms with Gasteiger partial charge in [0.2, 0.25) is 0 Å².